The predicted octanol–water partition coefficient (Wildman–Crippen LogP) is 3.67. The molecule has 0 aliphatic carbocycles. The van der Waals surface area contributed by atoms with Crippen LogP contribution in [0.3, 0.4) is 0 Å². The minimum Gasteiger partial charge on any atom is -0.497 e. The largest absolute Gasteiger partial charge is 0.497 e. The molecule has 6 heteroatoms. The minimum atomic E-state index is -0.180. The molecule has 26 heavy (non-hydrogen) atoms. The van der Waals surface area contributed by atoms with Crippen LogP contribution in [0.5, 0.6) is 17.2 Å². The molecule has 1 heterocycles. The number of H-pyrrole nitrogens is 1. The number of hydrogen-bond donors (Lipinski definition) is 2. The van der Waals surface area contributed by atoms with Crippen LogP contribution in [0, 0.1) is 0 Å². The molecular formula is C20H20N2O4. The normalized spacial score (nSPS) is 11.0. The van der Waals surface area contributed by atoms with Gasteiger partial charge in [-0.2, -0.15) is 0 Å². The standard InChI is InChI=1S/C20H20N2O4/c1-24-14-5-6-15-12(11-22-17(15)10-14)4-7-18(23)13-8-16(21)20(26-3)19(9-13)25-2/h4-11,22H,21H2,1-3H3/b7-4+. The third-order valence-corrected chi connectivity index (χ3v) is 4.13. The number of ether oxygens (including phenoxy) is 3. The summed E-state index contributed by atoms with van der Waals surface area (Å²) in [4.78, 5) is 15.7. The first kappa shape index (κ1) is 17.4. The van der Waals surface area contributed by atoms with Crippen LogP contribution >= 0.6 is 0 Å². The maximum absolute atomic E-state index is 12.5. The molecule has 0 saturated heterocycles. The average molecular weight is 352 g/mol. The molecule has 0 saturated carbocycles. The summed E-state index contributed by atoms with van der Waals surface area (Å²) in [6.07, 6.45) is 5.12. The van der Waals surface area contributed by atoms with Gasteiger partial charge in [0.1, 0.15) is 5.75 Å². The Kier molecular flexibility index (Phi) is 4.84. The van der Waals surface area contributed by atoms with E-state index in [0.717, 1.165) is 22.2 Å². The van der Waals surface area contributed by atoms with Crippen LogP contribution in [0.15, 0.2) is 42.6 Å². The number of anilines is 1. The van der Waals surface area contributed by atoms with Crippen molar-refractivity contribution < 1.29 is 19.0 Å². The molecule has 0 aliphatic rings. The summed E-state index contributed by atoms with van der Waals surface area (Å²) in [5.41, 5.74) is 8.56. The number of fused-ring (bicyclic) bond motifs is 1. The Hall–Kier alpha value is -3.41. The maximum Gasteiger partial charge on any atom is 0.186 e. The monoisotopic (exact) mass is 352 g/mol. The molecule has 2 aromatic carbocycles. The summed E-state index contributed by atoms with van der Waals surface area (Å²) in [5.74, 6) is 1.43. The van der Waals surface area contributed by atoms with E-state index in [-0.39, 0.29) is 5.78 Å². The van der Waals surface area contributed by atoms with Crippen LogP contribution in [0.1, 0.15) is 15.9 Å². The molecule has 3 rings (SSSR count). The Balaban J connectivity index is 1.89. The van der Waals surface area contributed by atoms with Gasteiger partial charge in [0, 0.05) is 28.7 Å². The summed E-state index contributed by atoms with van der Waals surface area (Å²) in [7, 11) is 4.63. The second kappa shape index (κ2) is 7.23. The molecule has 0 aliphatic heterocycles. The number of methoxy groups -OCH3 is 3. The molecule has 0 radical (unpaired) electrons. The number of allylic oxidation sites excluding steroid dienone is 1. The maximum atomic E-state index is 12.5. The second-order valence-corrected chi connectivity index (χ2v) is 5.65. The fourth-order valence-electron chi connectivity index (χ4n) is 2.79. The highest BCUT2D eigenvalue weighted by Gasteiger charge is 2.13. The molecule has 6 nitrogen and oxygen atoms in total. The van der Waals surface area contributed by atoms with Gasteiger partial charge >= 0.3 is 0 Å². The van der Waals surface area contributed by atoms with Crippen LogP contribution in [-0.4, -0.2) is 32.1 Å². The van der Waals surface area contributed by atoms with Crippen molar-refractivity contribution in [1.82, 2.24) is 4.98 Å². The summed E-state index contributed by atoms with van der Waals surface area (Å²) < 4.78 is 15.6. The van der Waals surface area contributed by atoms with Crippen LogP contribution in [0.2, 0.25) is 0 Å². The van der Waals surface area contributed by atoms with Crippen molar-refractivity contribution in [1.29, 1.82) is 0 Å². The van der Waals surface area contributed by atoms with Gasteiger partial charge in [0.2, 0.25) is 0 Å². The number of nitrogens with one attached hydrogen (secondary N) is 1. The molecular weight excluding hydrogens is 332 g/mol. The first-order chi connectivity index (χ1) is 12.6. The van der Waals surface area contributed by atoms with E-state index in [1.807, 2.05) is 24.4 Å². The van der Waals surface area contributed by atoms with Gasteiger partial charge in [0.15, 0.2) is 17.3 Å². The van der Waals surface area contributed by atoms with E-state index < -0.39 is 0 Å². The molecule has 0 amide bonds. The van der Waals surface area contributed by atoms with Gasteiger partial charge in [-0.1, -0.05) is 0 Å². The molecule has 0 unspecified atom stereocenters. The molecule has 3 N–H and O–H groups in total. The fourth-order valence-corrected chi connectivity index (χ4v) is 2.79. The second-order valence-electron chi connectivity index (χ2n) is 5.65. The number of ketones is 1. The highest BCUT2D eigenvalue weighted by Crippen LogP contribution is 2.34. The number of aromatic amines is 1. The lowest BCUT2D eigenvalue weighted by atomic mass is 10.1. The Morgan fingerprint density at radius 3 is 2.58 bits per heavy atom. The summed E-state index contributed by atoms with van der Waals surface area (Å²) in [6.45, 7) is 0. The Morgan fingerprint density at radius 2 is 1.88 bits per heavy atom. The summed E-state index contributed by atoms with van der Waals surface area (Å²) >= 11 is 0. The van der Waals surface area contributed by atoms with E-state index >= 15 is 0 Å². The van der Waals surface area contributed by atoms with Gasteiger partial charge in [-0.15, -0.1) is 0 Å². The van der Waals surface area contributed by atoms with Crippen LogP contribution in [-0.2, 0) is 0 Å². The van der Waals surface area contributed by atoms with Crippen molar-refractivity contribution in [3.05, 3.63) is 53.7 Å². The first-order valence-electron chi connectivity index (χ1n) is 7.96. The SMILES string of the molecule is COc1ccc2c(/C=C/C(=O)c3cc(N)c(OC)c(OC)c3)c[nH]c2c1. The zero-order valence-electron chi connectivity index (χ0n) is 14.8. The lowest BCUT2D eigenvalue weighted by Gasteiger charge is -2.11. The van der Waals surface area contributed by atoms with E-state index in [9.17, 15) is 4.79 Å². The number of carbonyl (C=O) groups excluding carboxylic acids is 1. The van der Waals surface area contributed by atoms with Crippen LogP contribution in [0.25, 0.3) is 17.0 Å². The number of hydrogen-bond acceptors (Lipinski definition) is 5. The lowest BCUT2D eigenvalue weighted by Crippen LogP contribution is -2.01. The van der Waals surface area contributed by atoms with Crippen molar-refractivity contribution in [3.8, 4) is 17.2 Å². The zero-order valence-corrected chi connectivity index (χ0v) is 14.8. The highest BCUT2D eigenvalue weighted by atomic mass is 16.5. The Morgan fingerprint density at radius 1 is 1.08 bits per heavy atom. The molecule has 0 spiro atoms. The van der Waals surface area contributed by atoms with Crippen molar-refractivity contribution in [3.63, 3.8) is 0 Å². The highest BCUT2D eigenvalue weighted by molar-refractivity contribution is 6.08. The number of benzene rings is 2. The molecule has 0 bridgehead atoms. The Bertz CT molecular complexity index is 989. The van der Waals surface area contributed by atoms with Crippen molar-refractivity contribution in [2.45, 2.75) is 0 Å². The van der Waals surface area contributed by atoms with Crippen LogP contribution in [0.4, 0.5) is 5.69 Å². The Labute approximate surface area is 151 Å². The zero-order chi connectivity index (χ0) is 18.7. The summed E-state index contributed by atoms with van der Waals surface area (Å²) in [5, 5.41) is 1.00. The van der Waals surface area contributed by atoms with Crippen molar-refractivity contribution in [2.75, 3.05) is 27.1 Å². The van der Waals surface area contributed by atoms with Gasteiger partial charge in [0.05, 0.1) is 27.0 Å². The first-order valence-corrected chi connectivity index (χ1v) is 7.96. The molecule has 0 fully saturated rings. The van der Waals surface area contributed by atoms with E-state index in [1.54, 1.807) is 25.3 Å². The third kappa shape index (κ3) is 3.21. The number of rotatable bonds is 6. The van der Waals surface area contributed by atoms with E-state index in [4.69, 9.17) is 19.9 Å². The quantitative estimate of drug-likeness (QED) is 0.401. The predicted molar refractivity (Wildman–Crippen MR) is 102 cm³/mol. The van der Waals surface area contributed by atoms with E-state index in [0.29, 0.717) is 22.7 Å². The number of nitrogens with two attached hydrogens (primary N) is 1. The summed E-state index contributed by atoms with van der Waals surface area (Å²) in [6, 6.07) is 8.92. The molecule has 0 atom stereocenters. The molecule has 134 valence electrons. The van der Waals surface area contributed by atoms with Gasteiger partial charge in [0.25, 0.3) is 0 Å². The lowest BCUT2D eigenvalue weighted by molar-refractivity contribution is 0.104. The van der Waals surface area contributed by atoms with Crippen molar-refractivity contribution >= 4 is 28.4 Å². The number of carbonyl (C=O) groups is 1. The smallest absolute Gasteiger partial charge is 0.186 e. The third-order valence-electron chi connectivity index (χ3n) is 4.13. The average Bonchev–Trinajstić information content (AvgIpc) is 3.07. The number of aromatic nitrogens is 1. The topological polar surface area (TPSA) is 86.6 Å². The van der Waals surface area contributed by atoms with Gasteiger partial charge in [-0.3, -0.25) is 4.79 Å². The molecule has 1 aromatic heterocycles. The minimum absolute atomic E-state index is 0.180. The van der Waals surface area contributed by atoms with Gasteiger partial charge in [-0.25, -0.2) is 0 Å². The number of nitrogen functional groups attached to an aromatic ring is 1. The van der Waals surface area contributed by atoms with E-state index in [2.05, 4.69) is 4.98 Å². The van der Waals surface area contributed by atoms with Crippen molar-refractivity contribution in [2.24, 2.45) is 0 Å². The van der Waals surface area contributed by atoms with Gasteiger partial charge < -0.3 is 24.9 Å². The van der Waals surface area contributed by atoms with Crippen LogP contribution < -0.4 is 19.9 Å². The fraction of sp³-hybridized carbons (Fsp3) is 0.150. The van der Waals surface area contributed by atoms with Gasteiger partial charge in [-0.05, 0) is 42.0 Å². The molecule has 3 aromatic rings. The van der Waals surface area contributed by atoms with E-state index in [1.165, 1.54) is 20.3 Å².